The van der Waals surface area contributed by atoms with Gasteiger partial charge in [-0.1, -0.05) is 123 Å². The number of carboxylic acid groups (broad SMARTS) is 1. The third kappa shape index (κ3) is 10.6. The van der Waals surface area contributed by atoms with Crippen LogP contribution in [-0.4, -0.2) is 118 Å². The topological polar surface area (TPSA) is 178 Å². The van der Waals surface area contributed by atoms with Crippen LogP contribution in [0.5, 0.6) is 0 Å². The summed E-state index contributed by atoms with van der Waals surface area (Å²) in [4.78, 5) is 66.5. The van der Waals surface area contributed by atoms with E-state index in [-0.39, 0.29) is 66.3 Å². The quantitative estimate of drug-likeness (QED) is 0.132. The molecule has 3 amide bonds. The minimum Gasteiger partial charge on any atom is -0.477 e. The van der Waals surface area contributed by atoms with E-state index in [2.05, 4.69) is 53.4 Å². The summed E-state index contributed by atoms with van der Waals surface area (Å²) in [6.45, 7) is 15.1. The number of nitrogens with zero attached hydrogens (tertiary/aromatic N) is 5. The summed E-state index contributed by atoms with van der Waals surface area (Å²) in [6, 6.07) is 30.8. The zero-order chi connectivity index (χ0) is 54.7. The lowest BCUT2D eigenvalue weighted by molar-refractivity contribution is -0.138. The van der Waals surface area contributed by atoms with E-state index >= 15 is 0 Å². The van der Waals surface area contributed by atoms with Crippen LogP contribution in [0.1, 0.15) is 75.9 Å². The van der Waals surface area contributed by atoms with Gasteiger partial charge >= 0.3 is 5.97 Å². The van der Waals surface area contributed by atoms with Crippen LogP contribution in [0.4, 0.5) is 0 Å². The number of amidine groups is 2. The van der Waals surface area contributed by atoms with Gasteiger partial charge in [-0.15, -0.1) is 0 Å². The van der Waals surface area contributed by atoms with Crippen molar-refractivity contribution in [3.05, 3.63) is 161 Å². The summed E-state index contributed by atoms with van der Waals surface area (Å²) in [5.41, 5.74) is 4.58. The van der Waals surface area contributed by atoms with Gasteiger partial charge in [-0.25, -0.2) is 14.8 Å². The Morgan fingerprint density at radius 3 is 1.51 bits per heavy atom. The average Bonchev–Trinajstić information content (AvgIpc) is 4.32. The Balaban J connectivity index is 0.000000151. The molecule has 4 unspecified atom stereocenters. The molecule has 8 heterocycles. The number of amides is 3. The number of thioether (sulfide) groups is 2. The highest BCUT2D eigenvalue weighted by Gasteiger charge is 2.56. The highest BCUT2D eigenvalue weighted by atomic mass is 35.5. The number of piperazine rings is 2. The number of nitrogens with one attached hydrogen (secondary N) is 3. The maximum atomic E-state index is 14.1. The standard InChI is InChI=1S/C28H28Cl2N4O3S.C22H20Cl2N2O2S.C6H10N2O2/c1-15(2)23-24(26(36)33-12-22(35)31-20-13-37-14-21(20)33)38-27-32-28(3,17-6-10-19(30)11-7-17)25(34(23)27)16-4-8-18(29)9-5-16;1-12(2)17-18(20(27)28)29-21-25-22(3,14-6-10-16(24)11-7-14)19(26(17)21)13-4-8-15(23)9-5-13;9-6-1-7-4-2-10-3-5(4)8-6/h4-11,15,20-21,25H,12-14H2,1-3H3,(H,31,35);4-12,19H,1-3H3,(H,27,28);4-5,7H,1-3H2,(H,8,9)/t20?,21?,25-,28+;19-,22+;/m11./s1. The zero-order valence-corrected chi connectivity index (χ0v) is 47.7. The van der Waals surface area contributed by atoms with E-state index in [1.165, 1.54) is 23.5 Å². The first kappa shape index (κ1) is 55.2. The molecule has 404 valence electrons. The van der Waals surface area contributed by atoms with E-state index < -0.39 is 17.0 Å². The predicted molar refractivity (Wildman–Crippen MR) is 304 cm³/mol. The molecule has 4 aromatic carbocycles. The molecule has 77 heavy (non-hydrogen) atoms. The largest absolute Gasteiger partial charge is 0.477 e. The Hall–Kier alpha value is -5.08. The zero-order valence-electron chi connectivity index (χ0n) is 43.1. The smallest absolute Gasteiger partial charge is 0.344 e. The Morgan fingerprint density at radius 1 is 0.610 bits per heavy atom. The number of carbonyl (C=O) groups excluding carboxylic acids is 3. The molecule has 4 saturated heterocycles. The van der Waals surface area contributed by atoms with Gasteiger partial charge < -0.3 is 45.2 Å². The van der Waals surface area contributed by atoms with Crippen LogP contribution >= 0.6 is 69.9 Å². The second-order valence-corrected chi connectivity index (χ2v) is 24.6. The first-order chi connectivity index (χ1) is 36.7. The summed E-state index contributed by atoms with van der Waals surface area (Å²) >= 11 is 27.3. The van der Waals surface area contributed by atoms with Crippen molar-refractivity contribution in [1.82, 2.24) is 30.7 Å². The number of benzene rings is 4. The van der Waals surface area contributed by atoms with Gasteiger partial charge in [0.05, 0.1) is 69.2 Å². The van der Waals surface area contributed by atoms with Crippen molar-refractivity contribution in [2.24, 2.45) is 21.8 Å². The molecule has 21 heteroatoms. The summed E-state index contributed by atoms with van der Waals surface area (Å²) < 4.78 is 10.8. The molecule has 0 saturated carbocycles. The number of hydrogen-bond donors (Lipinski definition) is 4. The molecule has 0 aliphatic carbocycles. The lowest BCUT2D eigenvalue weighted by atomic mass is 9.81. The van der Waals surface area contributed by atoms with Crippen LogP contribution in [0.2, 0.25) is 20.1 Å². The number of carbonyl (C=O) groups is 4. The molecule has 8 aliphatic rings. The maximum Gasteiger partial charge on any atom is 0.344 e. The number of hydrogen-bond acceptors (Lipinski definition) is 13. The van der Waals surface area contributed by atoms with E-state index in [0.717, 1.165) is 45.4 Å². The third-order valence-corrected chi connectivity index (χ3v) is 18.2. The SMILES string of the molecule is CC(C)C1=C(C(=O)N2CC(=O)NC3COCC32)SC2=N[C@@](C)(c3ccc(Cl)cc3)[C@@H](c3ccc(Cl)cc3)N21.CC(C)C1=C(C(=O)O)SC2=N[C@@](C)(c3ccc(Cl)cc3)[C@@H](c3ccc(Cl)cc3)N21.O=C1CNC2COCC2N1. The number of halogens is 4. The number of allylic oxidation sites excluding steroid dienone is 2. The average molecular weight is 1160 g/mol. The van der Waals surface area contributed by atoms with E-state index in [0.29, 0.717) is 67.5 Å². The highest BCUT2D eigenvalue weighted by molar-refractivity contribution is 8.18. The molecular weight excluding hydrogens is 1100 g/mol. The Morgan fingerprint density at radius 2 is 1.03 bits per heavy atom. The van der Waals surface area contributed by atoms with Crippen molar-refractivity contribution in [2.45, 2.75) is 88.9 Å². The van der Waals surface area contributed by atoms with Gasteiger partial charge in [0, 0.05) is 31.5 Å². The summed E-state index contributed by atoms with van der Waals surface area (Å²) in [5.74, 6) is -1.08. The number of ether oxygens (including phenoxy) is 2. The summed E-state index contributed by atoms with van der Waals surface area (Å²) in [7, 11) is 0. The Bertz CT molecular complexity index is 3110. The van der Waals surface area contributed by atoms with Crippen LogP contribution in [0, 0.1) is 11.8 Å². The Labute approximate surface area is 476 Å². The van der Waals surface area contributed by atoms with Gasteiger partial charge in [-0.05, 0) is 120 Å². The van der Waals surface area contributed by atoms with E-state index in [9.17, 15) is 24.3 Å². The Kier molecular flexibility index (Phi) is 15.9. The van der Waals surface area contributed by atoms with Gasteiger partial charge in [-0.3, -0.25) is 14.4 Å². The van der Waals surface area contributed by atoms with E-state index in [4.69, 9.17) is 65.9 Å². The molecule has 4 N–H and O–H groups in total. The van der Waals surface area contributed by atoms with Crippen molar-refractivity contribution in [3.8, 4) is 0 Å². The highest BCUT2D eigenvalue weighted by Crippen LogP contribution is 2.58. The molecule has 4 aromatic rings. The fourth-order valence-corrected chi connectivity index (χ4v) is 14.5. The van der Waals surface area contributed by atoms with Crippen LogP contribution in [-0.2, 0) is 39.7 Å². The predicted octanol–water partition coefficient (Wildman–Crippen LogP) is 9.76. The molecular formula is C56H58Cl4N8O7S2. The number of aliphatic carboxylic acids is 1. The van der Waals surface area contributed by atoms with Gasteiger partial charge in [-0.2, -0.15) is 0 Å². The first-order valence-electron chi connectivity index (χ1n) is 25.4. The van der Waals surface area contributed by atoms with Crippen molar-refractivity contribution in [3.63, 3.8) is 0 Å². The second-order valence-electron chi connectivity index (χ2n) is 20.9. The van der Waals surface area contributed by atoms with Gasteiger partial charge in [0.25, 0.3) is 5.91 Å². The summed E-state index contributed by atoms with van der Waals surface area (Å²) in [5, 5.41) is 22.8. The van der Waals surface area contributed by atoms with E-state index in [1.54, 1.807) is 4.90 Å². The monoisotopic (exact) mass is 1160 g/mol. The summed E-state index contributed by atoms with van der Waals surface area (Å²) in [6.07, 6.45) is 0. The van der Waals surface area contributed by atoms with Crippen molar-refractivity contribution < 1.29 is 33.8 Å². The fraction of sp³-hybridized carbons (Fsp3) is 0.393. The maximum absolute atomic E-state index is 14.1. The first-order valence-corrected chi connectivity index (χ1v) is 28.6. The van der Waals surface area contributed by atoms with Crippen LogP contribution in [0.25, 0.3) is 0 Å². The van der Waals surface area contributed by atoms with Crippen LogP contribution < -0.4 is 16.0 Å². The molecule has 0 bridgehead atoms. The number of rotatable bonds is 8. The molecule has 4 fully saturated rings. The lowest BCUT2D eigenvalue weighted by Crippen LogP contribution is -2.61. The second kappa shape index (κ2) is 22.2. The molecule has 8 atom stereocenters. The van der Waals surface area contributed by atoms with Gasteiger partial charge in [0.15, 0.2) is 10.3 Å². The fourth-order valence-electron chi connectivity index (χ4n) is 11.4. The number of aliphatic imine (C=N–C) groups is 2. The lowest BCUT2D eigenvalue weighted by Gasteiger charge is -2.38. The number of carboxylic acids is 1. The van der Waals surface area contributed by atoms with E-state index in [1.807, 2.05) is 111 Å². The molecule has 8 aliphatic heterocycles. The molecule has 0 spiro atoms. The molecule has 15 nitrogen and oxygen atoms in total. The van der Waals surface area contributed by atoms with Crippen molar-refractivity contribution in [2.75, 3.05) is 39.5 Å². The van der Waals surface area contributed by atoms with Crippen LogP contribution in [0.15, 0.2) is 128 Å². The van der Waals surface area contributed by atoms with Gasteiger partial charge in [0.1, 0.15) is 27.4 Å². The minimum atomic E-state index is -0.918. The number of fused-ring (bicyclic) bond motifs is 4. The van der Waals surface area contributed by atoms with Gasteiger partial charge in [0.2, 0.25) is 11.8 Å². The molecule has 12 rings (SSSR count). The molecule has 0 radical (unpaired) electrons. The third-order valence-electron chi connectivity index (χ3n) is 15.1. The van der Waals surface area contributed by atoms with Crippen molar-refractivity contribution in [1.29, 1.82) is 0 Å². The van der Waals surface area contributed by atoms with Crippen LogP contribution in [0.3, 0.4) is 0 Å². The minimum absolute atomic E-state index is 0.0222. The normalized spacial score (nSPS) is 28.0. The molecule has 0 aromatic heterocycles. The van der Waals surface area contributed by atoms with Crippen molar-refractivity contribution >= 4 is 104 Å².